The van der Waals surface area contributed by atoms with Crippen molar-refractivity contribution in [1.82, 2.24) is 19.5 Å². The van der Waals surface area contributed by atoms with Gasteiger partial charge in [0.25, 0.3) is 0 Å². The van der Waals surface area contributed by atoms with Crippen LogP contribution in [-0.4, -0.2) is 19.5 Å². The van der Waals surface area contributed by atoms with E-state index in [0.29, 0.717) is 17.6 Å². The number of rotatable bonds is 5. The molecule has 0 unspecified atom stereocenters. The molecule has 0 N–H and O–H groups in total. The zero-order valence-electron chi connectivity index (χ0n) is 34.1. The summed E-state index contributed by atoms with van der Waals surface area (Å²) in [5.74, 6) is 1.82. The Bertz CT molecular complexity index is 3560. The second-order valence-corrected chi connectivity index (χ2v) is 17.1. The highest BCUT2D eigenvalue weighted by molar-refractivity contribution is 6.12. The minimum atomic E-state index is 0.0219. The van der Waals surface area contributed by atoms with E-state index in [2.05, 4.69) is 168 Å². The number of hydrogen-bond donors (Lipinski definition) is 0. The molecule has 3 heterocycles. The summed E-state index contributed by atoms with van der Waals surface area (Å²) in [4.78, 5) is 15.8. The number of para-hydroxylation sites is 1. The predicted octanol–water partition coefficient (Wildman–Crippen LogP) is 14.8. The van der Waals surface area contributed by atoms with E-state index in [1.807, 2.05) is 18.2 Å². The van der Waals surface area contributed by atoms with E-state index in [1.54, 1.807) is 0 Å². The van der Waals surface area contributed by atoms with Gasteiger partial charge in [-0.25, -0.2) is 4.98 Å². The molecule has 2 aliphatic rings. The van der Waals surface area contributed by atoms with Crippen LogP contribution in [0, 0.1) is 0 Å². The van der Waals surface area contributed by atoms with Gasteiger partial charge in [-0.15, -0.1) is 0 Å². The van der Waals surface area contributed by atoms with Crippen LogP contribution in [0.25, 0.3) is 106 Å². The van der Waals surface area contributed by atoms with Gasteiger partial charge >= 0.3 is 0 Å². The van der Waals surface area contributed by atoms with Gasteiger partial charge in [0.05, 0.1) is 11.0 Å². The highest BCUT2D eigenvalue weighted by Gasteiger charge is 2.44. The van der Waals surface area contributed by atoms with Gasteiger partial charge in [-0.3, -0.25) is 4.57 Å². The fourth-order valence-corrected chi connectivity index (χ4v) is 10.7. The highest BCUT2D eigenvalue weighted by atomic mass is 16.3. The largest absolute Gasteiger partial charge is 0.456 e. The first-order chi connectivity index (χ1) is 30.7. The van der Waals surface area contributed by atoms with E-state index in [4.69, 9.17) is 19.4 Å². The average molecular weight is 797 g/mol. The van der Waals surface area contributed by atoms with Crippen LogP contribution >= 0.6 is 0 Å². The molecule has 13 rings (SSSR count). The number of furan rings is 1. The van der Waals surface area contributed by atoms with Gasteiger partial charge in [-0.1, -0.05) is 153 Å². The smallest absolute Gasteiger partial charge is 0.238 e. The predicted molar refractivity (Wildman–Crippen MR) is 252 cm³/mol. The summed E-state index contributed by atoms with van der Waals surface area (Å²) in [5, 5.41) is 4.52. The summed E-state index contributed by atoms with van der Waals surface area (Å²) in [6.07, 6.45) is 6.12. The highest BCUT2D eigenvalue weighted by Crippen LogP contribution is 2.57. The Hall–Kier alpha value is -7.63. The van der Waals surface area contributed by atoms with E-state index in [1.165, 1.54) is 76.3 Å². The first-order valence-electron chi connectivity index (χ1n) is 21.8. The molecule has 0 aliphatic heterocycles. The molecule has 0 bridgehead atoms. The second-order valence-electron chi connectivity index (χ2n) is 17.1. The lowest BCUT2D eigenvalue weighted by Gasteiger charge is -2.36. The SMILES string of the molecule is c1ccc(-c2cccc(-c3ccc4c(c3)oc3cc(-c5nc(-c6ccccc6)nc(-n6c7ccccc7c7cc8c(cc76)C6(CCCCC6)c6ccccc6-8)n5)ccc34)c2)cc1. The van der Waals surface area contributed by atoms with Crippen LogP contribution in [0.3, 0.4) is 0 Å². The van der Waals surface area contributed by atoms with E-state index >= 15 is 0 Å². The van der Waals surface area contributed by atoms with Crippen LogP contribution in [0.5, 0.6) is 0 Å². The van der Waals surface area contributed by atoms with E-state index in [9.17, 15) is 0 Å². The fraction of sp³-hybridized carbons (Fsp3) is 0.105. The van der Waals surface area contributed by atoms with Gasteiger partial charge in [0.1, 0.15) is 11.2 Å². The fourth-order valence-electron chi connectivity index (χ4n) is 10.7. The molecule has 1 spiro atoms. The first kappa shape index (κ1) is 35.2. The van der Waals surface area contributed by atoms with Crippen LogP contribution < -0.4 is 0 Å². The molecule has 0 radical (unpaired) electrons. The molecule has 5 nitrogen and oxygen atoms in total. The summed E-state index contributed by atoms with van der Waals surface area (Å²) >= 11 is 0. The Labute approximate surface area is 359 Å². The van der Waals surface area contributed by atoms with Gasteiger partial charge in [0.15, 0.2) is 11.6 Å². The zero-order chi connectivity index (χ0) is 40.8. The molecule has 2 aliphatic carbocycles. The summed E-state index contributed by atoms with van der Waals surface area (Å²) in [7, 11) is 0. The average Bonchev–Trinajstić information content (AvgIpc) is 3.96. The van der Waals surface area contributed by atoms with Crippen LogP contribution in [0.4, 0.5) is 0 Å². The Morgan fingerprint density at radius 1 is 0.387 bits per heavy atom. The maximum atomic E-state index is 6.67. The van der Waals surface area contributed by atoms with Gasteiger partial charge < -0.3 is 4.42 Å². The van der Waals surface area contributed by atoms with Crippen molar-refractivity contribution >= 4 is 43.7 Å². The molecule has 1 saturated carbocycles. The molecule has 0 saturated heterocycles. The van der Waals surface area contributed by atoms with E-state index in [-0.39, 0.29) is 5.41 Å². The lowest BCUT2D eigenvalue weighted by molar-refractivity contribution is 0.353. The van der Waals surface area contributed by atoms with Crippen molar-refractivity contribution in [3.05, 3.63) is 193 Å². The molecule has 11 aromatic rings. The number of fused-ring (bicyclic) bond motifs is 11. The molecule has 0 atom stereocenters. The Morgan fingerprint density at radius 3 is 1.79 bits per heavy atom. The van der Waals surface area contributed by atoms with Crippen LogP contribution in [0.1, 0.15) is 43.2 Å². The molecule has 294 valence electrons. The first-order valence-corrected chi connectivity index (χ1v) is 21.8. The lowest BCUT2D eigenvalue weighted by Crippen LogP contribution is -2.28. The van der Waals surface area contributed by atoms with Crippen molar-refractivity contribution in [2.24, 2.45) is 0 Å². The van der Waals surface area contributed by atoms with Gasteiger partial charge in [0, 0.05) is 38.1 Å². The van der Waals surface area contributed by atoms with Crippen molar-refractivity contribution in [3.8, 4) is 62.1 Å². The molecule has 62 heavy (non-hydrogen) atoms. The normalized spacial score (nSPS) is 14.3. The lowest BCUT2D eigenvalue weighted by atomic mass is 9.68. The summed E-state index contributed by atoms with van der Waals surface area (Å²) < 4.78 is 8.95. The van der Waals surface area contributed by atoms with Crippen molar-refractivity contribution in [3.63, 3.8) is 0 Å². The van der Waals surface area contributed by atoms with E-state index in [0.717, 1.165) is 55.2 Å². The topological polar surface area (TPSA) is 56.7 Å². The Balaban J connectivity index is 0.976. The standard InChI is InChI=1S/C57H40N4O/c1-4-15-36(16-5-1)38-19-14-20-39(31-38)40-25-27-44-45-28-26-41(33-53(45)62-52(44)32-40)55-58-54(37-17-6-2-7-18-37)59-56(60-55)61-50-24-11-9-22-43(50)47-34-46-42-21-8-10-23-48(42)57(29-12-3-13-30-57)49(46)35-51(47)61/h1-2,4-11,14-28,31-35H,3,12-13,29-30H2. The third-order valence-corrected chi connectivity index (χ3v) is 13.7. The number of aromatic nitrogens is 4. The quantitative estimate of drug-likeness (QED) is 0.174. The summed E-state index contributed by atoms with van der Waals surface area (Å²) in [5.41, 5.74) is 16.0. The van der Waals surface area contributed by atoms with Crippen LogP contribution in [0.2, 0.25) is 0 Å². The van der Waals surface area contributed by atoms with E-state index < -0.39 is 0 Å². The van der Waals surface area contributed by atoms with Crippen molar-refractivity contribution in [1.29, 1.82) is 0 Å². The molecular weight excluding hydrogens is 757 g/mol. The zero-order valence-corrected chi connectivity index (χ0v) is 34.1. The van der Waals surface area contributed by atoms with Crippen LogP contribution in [0.15, 0.2) is 186 Å². The van der Waals surface area contributed by atoms with Crippen molar-refractivity contribution < 1.29 is 4.42 Å². The maximum Gasteiger partial charge on any atom is 0.238 e. The number of nitrogens with zero attached hydrogens (tertiary/aromatic N) is 4. The third-order valence-electron chi connectivity index (χ3n) is 13.7. The van der Waals surface area contributed by atoms with Gasteiger partial charge in [0.2, 0.25) is 5.95 Å². The van der Waals surface area contributed by atoms with Gasteiger partial charge in [-0.2, -0.15) is 9.97 Å². The molecule has 1 fully saturated rings. The Morgan fingerprint density at radius 2 is 1.00 bits per heavy atom. The molecule has 8 aromatic carbocycles. The summed E-state index contributed by atoms with van der Waals surface area (Å²) in [6, 6.07) is 65.1. The number of hydrogen-bond acceptors (Lipinski definition) is 4. The Kier molecular flexibility index (Phi) is 7.77. The molecule has 5 heteroatoms. The number of benzene rings is 8. The minimum Gasteiger partial charge on any atom is -0.456 e. The molecule has 0 amide bonds. The van der Waals surface area contributed by atoms with Gasteiger partial charge in [-0.05, 0) is 106 Å². The van der Waals surface area contributed by atoms with Crippen molar-refractivity contribution in [2.75, 3.05) is 0 Å². The van der Waals surface area contributed by atoms with Crippen LogP contribution in [-0.2, 0) is 5.41 Å². The monoisotopic (exact) mass is 796 g/mol. The molecular formula is C57H40N4O. The molecule has 3 aromatic heterocycles. The minimum absolute atomic E-state index is 0.0219. The third kappa shape index (κ3) is 5.37. The summed E-state index contributed by atoms with van der Waals surface area (Å²) in [6.45, 7) is 0. The second kappa shape index (κ2) is 13.7. The van der Waals surface area contributed by atoms with Crippen molar-refractivity contribution in [2.45, 2.75) is 37.5 Å². The maximum absolute atomic E-state index is 6.67.